The first-order chi connectivity index (χ1) is 18.7. The molecule has 0 aliphatic carbocycles. The highest BCUT2D eigenvalue weighted by Crippen LogP contribution is 2.50. The molecule has 0 aromatic heterocycles. The van der Waals surface area contributed by atoms with Crippen molar-refractivity contribution in [2.45, 2.75) is 11.4 Å². The molecule has 0 N–H and O–H groups in total. The van der Waals surface area contributed by atoms with E-state index in [1.807, 2.05) is 79.8 Å². The molecule has 0 bridgehead atoms. The standard InChI is InChI=1S/C32H25N3OS2/c1-34-27-14-8-9-15-28(27)37-31(34)29-30(36)35(22-25-12-6-3-7-13-25)32(38-29)33-26-20-18-24(19-21-26)17-16-23-10-4-2-5-11-23/h2-21H,22H2,1H3/b17-16+,31-29-,33-32?. The fourth-order valence-corrected chi connectivity index (χ4v) is 6.69. The van der Waals surface area contributed by atoms with Crippen LogP contribution in [0.1, 0.15) is 16.7 Å². The summed E-state index contributed by atoms with van der Waals surface area (Å²) >= 11 is 3.10. The molecule has 2 aliphatic rings. The Balaban J connectivity index is 1.31. The largest absolute Gasteiger partial charge is 0.337 e. The molecule has 0 radical (unpaired) electrons. The zero-order valence-electron chi connectivity index (χ0n) is 20.8. The Bertz CT molecular complexity index is 1560. The number of aliphatic imine (C=N–C) groups is 1. The number of carbonyl (C=O) groups excluding carboxylic acids is 1. The number of anilines is 1. The minimum absolute atomic E-state index is 0.0119. The normalized spacial score (nSPS) is 18.1. The maximum atomic E-state index is 13.8. The Hall–Kier alpha value is -4.00. The second-order valence-electron chi connectivity index (χ2n) is 8.97. The summed E-state index contributed by atoms with van der Waals surface area (Å²) in [7, 11) is 2.02. The predicted octanol–water partition coefficient (Wildman–Crippen LogP) is 8.03. The third-order valence-electron chi connectivity index (χ3n) is 6.36. The number of nitrogens with zero attached hydrogens (tertiary/aromatic N) is 3. The van der Waals surface area contributed by atoms with Gasteiger partial charge in [0.25, 0.3) is 5.91 Å². The molecule has 4 aromatic rings. The maximum absolute atomic E-state index is 13.8. The van der Waals surface area contributed by atoms with Crippen molar-refractivity contribution in [2.75, 3.05) is 11.9 Å². The van der Waals surface area contributed by atoms with E-state index in [1.165, 1.54) is 11.8 Å². The monoisotopic (exact) mass is 531 g/mol. The SMILES string of the molecule is CN1/C(=C2/SC(=Nc3ccc(/C=C/c4ccccc4)cc3)N(Cc3ccccc3)C2=O)Sc2ccccc21. The van der Waals surface area contributed by atoms with Crippen LogP contribution in [0.2, 0.25) is 0 Å². The highest BCUT2D eigenvalue weighted by molar-refractivity contribution is 8.19. The number of hydrogen-bond acceptors (Lipinski definition) is 5. The Morgan fingerprint density at radius 3 is 2.08 bits per heavy atom. The van der Waals surface area contributed by atoms with Gasteiger partial charge < -0.3 is 4.90 Å². The molecule has 0 saturated carbocycles. The van der Waals surface area contributed by atoms with E-state index in [1.54, 1.807) is 16.7 Å². The molecule has 1 saturated heterocycles. The van der Waals surface area contributed by atoms with Crippen molar-refractivity contribution in [1.29, 1.82) is 0 Å². The lowest BCUT2D eigenvalue weighted by Gasteiger charge is -2.17. The van der Waals surface area contributed by atoms with Gasteiger partial charge in [-0.1, -0.05) is 109 Å². The first-order valence-electron chi connectivity index (χ1n) is 12.4. The quantitative estimate of drug-likeness (QED) is 0.193. The van der Waals surface area contributed by atoms with E-state index in [0.29, 0.717) is 16.6 Å². The molecular weight excluding hydrogens is 507 g/mol. The Kier molecular flexibility index (Phi) is 6.90. The summed E-state index contributed by atoms with van der Waals surface area (Å²) in [5, 5.41) is 1.64. The van der Waals surface area contributed by atoms with Crippen molar-refractivity contribution in [3.05, 3.63) is 136 Å². The van der Waals surface area contributed by atoms with E-state index in [-0.39, 0.29) is 5.91 Å². The molecule has 186 valence electrons. The number of carbonyl (C=O) groups is 1. The molecule has 1 fully saturated rings. The Morgan fingerprint density at radius 2 is 1.37 bits per heavy atom. The first-order valence-corrected chi connectivity index (χ1v) is 14.0. The van der Waals surface area contributed by atoms with Gasteiger partial charge in [0.05, 0.1) is 22.9 Å². The number of para-hydroxylation sites is 1. The van der Waals surface area contributed by atoms with Crippen LogP contribution in [0.5, 0.6) is 0 Å². The van der Waals surface area contributed by atoms with E-state index in [9.17, 15) is 4.79 Å². The van der Waals surface area contributed by atoms with Crippen LogP contribution in [0.25, 0.3) is 12.2 Å². The molecule has 2 aliphatic heterocycles. The minimum atomic E-state index is -0.0119. The van der Waals surface area contributed by atoms with E-state index in [2.05, 4.69) is 53.5 Å². The molecule has 2 heterocycles. The topological polar surface area (TPSA) is 35.9 Å². The number of hydrogen-bond donors (Lipinski definition) is 0. The maximum Gasteiger partial charge on any atom is 0.269 e. The Labute approximate surface area is 231 Å². The van der Waals surface area contributed by atoms with Gasteiger partial charge in [-0.25, -0.2) is 4.99 Å². The summed E-state index contributed by atoms with van der Waals surface area (Å²) in [6.07, 6.45) is 4.19. The summed E-state index contributed by atoms with van der Waals surface area (Å²) in [5.74, 6) is -0.0119. The van der Waals surface area contributed by atoms with Gasteiger partial charge in [0.15, 0.2) is 5.17 Å². The average molecular weight is 532 g/mol. The van der Waals surface area contributed by atoms with Crippen molar-refractivity contribution in [2.24, 2.45) is 4.99 Å². The first kappa shape index (κ1) is 24.3. The number of benzene rings is 4. The molecule has 6 heteroatoms. The third-order valence-corrected chi connectivity index (χ3v) is 8.80. The molecule has 4 aromatic carbocycles. The van der Waals surface area contributed by atoms with Gasteiger partial charge in [-0.05, 0) is 52.7 Å². The smallest absolute Gasteiger partial charge is 0.269 e. The lowest BCUT2D eigenvalue weighted by Crippen LogP contribution is -2.29. The minimum Gasteiger partial charge on any atom is -0.337 e. The highest BCUT2D eigenvalue weighted by Gasteiger charge is 2.39. The van der Waals surface area contributed by atoms with Crippen molar-refractivity contribution in [3.8, 4) is 0 Å². The molecule has 0 spiro atoms. The molecule has 6 rings (SSSR count). The highest BCUT2D eigenvalue weighted by atomic mass is 32.2. The van der Waals surface area contributed by atoms with Crippen LogP contribution in [-0.2, 0) is 11.3 Å². The lowest BCUT2D eigenvalue weighted by atomic mass is 10.1. The van der Waals surface area contributed by atoms with Crippen LogP contribution < -0.4 is 4.90 Å². The van der Waals surface area contributed by atoms with Gasteiger partial charge in [0, 0.05) is 11.9 Å². The summed E-state index contributed by atoms with van der Waals surface area (Å²) in [4.78, 5) is 24.5. The number of amides is 1. The van der Waals surface area contributed by atoms with E-state index in [4.69, 9.17) is 4.99 Å². The Morgan fingerprint density at radius 1 is 0.737 bits per heavy atom. The number of rotatable bonds is 5. The van der Waals surface area contributed by atoms with Gasteiger partial charge in [0.1, 0.15) is 4.91 Å². The third kappa shape index (κ3) is 5.05. The molecular formula is C32H25N3OS2. The van der Waals surface area contributed by atoms with Crippen molar-refractivity contribution < 1.29 is 4.79 Å². The van der Waals surface area contributed by atoms with Crippen LogP contribution in [0.3, 0.4) is 0 Å². The fourth-order valence-electron chi connectivity index (χ4n) is 4.35. The lowest BCUT2D eigenvalue weighted by molar-refractivity contribution is -0.122. The molecule has 0 atom stereocenters. The van der Waals surface area contributed by atoms with Gasteiger partial charge >= 0.3 is 0 Å². The summed E-state index contributed by atoms with van der Waals surface area (Å²) in [6, 6.07) is 36.7. The summed E-state index contributed by atoms with van der Waals surface area (Å²) in [5.41, 5.74) is 5.26. The van der Waals surface area contributed by atoms with Gasteiger partial charge in [0.2, 0.25) is 0 Å². The fraction of sp³-hybridized carbons (Fsp3) is 0.0625. The second kappa shape index (κ2) is 10.8. The number of thioether (sulfide) groups is 2. The molecule has 38 heavy (non-hydrogen) atoms. The molecule has 0 unspecified atom stereocenters. The summed E-state index contributed by atoms with van der Waals surface area (Å²) in [6.45, 7) is 0.474. The van der Waals surface area contributed by atoms with Gasteiger partial charge in [-0.15, -0.1) is 0 Å². The zero-order valence-corrected chi connectivity index (χ0v) is 22.5. The number of fused-ring (bicyclic) bond motifs is 1. The van der Waals surface area contributed by atoms with E-state index >= 15 is 0 Å². The second-order valence-corrected chi connectivity index (χ2v) is 11.0. The zero-order chi connectivity index (χ0) is 25.9. The van der Waals surface area contributed by atoms with E-state index in [0.717, 1.165) is 38.0 Å². The van der Waals surface area contributed by atoms with Crippen molar-refractivity contribution in [3.63, 3.8) is 0 Å². The molecule has 1 amide bonds. The van der Waals surface area contributed by atoms with Gasteiger partial charge in [-0.3, -0.25) is 9.69 Å². The van der Waals surface area contributed by atoms with Gasteiger partial charge in [-0.2, -0.15) is 0 Å². The average Bonchev–Trinajstić information content (AvgIpc) is 3.45. The van der Waals surface area contributed by atoms with Crippen LogP contribution >= 0.6 is 23.5 Å². The van der Waals surface area contributed by atoms with Crippen molar-refractivity contribution in [1.82, 2.24) is 4.90 Å². The van der Waals surface area contributed by atoms with Crippen LogP contribution in [0, 0.1) is 0 Å². The number of amidine groups is 1. The summed E-state index contributed by atoms with van der Waals surface area (Å²) < 4.78 is 0. The van der Waals surface area contributed by atoms with Crippen LogP contribution in [0.4, 0.5) is 11.4 Å². The van der Waals surface area contributed by atoms with Crippen molar-refractivity contribution >= 4 is 58.1 Å². The van der Waals surface area contributed by atoms with E-state index < -0.39 is 0 Å². The van der Waals surface area contributed by atoms with Crippen LogP contribution in [0.15, 0.2) is 129 Å². The predicted molar refractivity (Wildman–Crippen MR) is 161 cm³/mol. The molecule has 4 nitrogen and oxygen atoms in total. The van der Waals surface area contributed by atoms with Crippen LogP contribution in [-0.4, -0.2) is 23.0 Å².